The summed E-state index contributed by atoms with van der Waals surface area (Å²) in [5.74, 6) is -1.39. The third-order valence-corrected chi connectivity index (χ3v) is 5.74. The molecule has 39 heavy (non-hydrogen) atoms. The number of anilines is 1. The molecule has 0 spiro atoms. The summed E-state index contributed by atoms with van der Waals surface area (Å²) in [5, 5.41) is 21.4. The molecule has 200 valence electrons. The van der Waals surface area contributed by atoms with Gasteiger partial charge in [0, 0.05) is 42.0 Å². The van der Waals surface area contributed by atoms with Crippen molar-refractivity contribution in [2.75, 3.05) is 12.4 Å². The van der Waals surface area contributed by atoms with E-state index in [9.17, 15) is 14.4 Å². The Morgan fingerprint density at radius 3 is 2.69 bits per heavy atom. The van der Waals surface area contributed by atoms with Gasteiger partial charge in [0.15, 0.2) is 0 Å². The number of amides is 2. The summed E-state index contributed by atoms with van der Waals surface area (Å²) >= 11 is 6.15. The topological polar surface area (TPSA) is 159 Å². The molecular formula is C25H24ClN9O4. The number of hydrogen-bond acceptors (Lipinski definition) is 9. The lowest BCUT2D eigenvalue weighted by atomic mass is 10.1. The summed E-state index contributed by atoms with van der Waals surface area (Å²) in [4.78, 5) is 41.8. The number of hydrogen-bond donors (Lipinski definition) is 2. The average Bonchev–Trinajstić information content (AvgIpc) is 3.64. The van der Waals surface area contributed by atoms with Crippen LogP contribution < -0.4 is 10.6 Å². The minimum Gasteiger partial charge on any atom is -0.465 e. The van der Waals surface area contributed by atoms with Crippen LogP contribution >= 0.6 is 11.6 Å². The summed E-state index contributed by atoms with van der Waals surface area (Å²) in [6.07, 6.45) is 7.46. The number of carbonyl (C=O) groups excluding carboxylic acids is 3. The van der Waals surface area contributed by atoms with Crippen molar-refractivity contribution < 1.29 is 19.1 Å². The number of aryl methyl sites for hydroxylation is 1. The molecule has 2 N–H and O–H groups in total. The molecule has 0 unspecified atom stereocenters. The molecule has 1 atom stereocenters. The minimum atomic E-state index is -0.984. The standard InChI is InChI=1S/C25H24ClN9O4/c1-3-34-11-10-19(31-34)13-20(24(37)30-22-8-4-17(14-27-22)25(38)39-2)29-23(36)9-5-16-12-18(26)6-7-21(16)35-15-28-32-33-35/h4-12,14-15,20H,3,13H2,1-2H3,(H,29,36)(H,27,30,37)/t20-/m0/s1. The first-order valence-corrected chi connectivity index (χ1v) is 12.1. The number of esters is 1. The Morgan fingerprint density at radius 1 is 1.18 bits per heavy atom. The maximum absolute atomic E-state index is 13.2. The van der Waals surface area contributed by atoms with E-state index in [2.05, 4.69) is 41.0 Å². The van der Waals surface area contributed by atoms with Crippen molar-refractivity contribution in [2.24, 2.45) is 0 Å². The van der Waals surface area contributed by atoms with Gasteiger partial charge in [-0.2, -0.15) is 9.78 Å². The van der Waals surface area contributed by atoms with Gasteiger partial charge in [0.1, 0.15) is 18.2 Å². The van der Waals surface area contributed by atoms with Crippen LogP contribution in [0.5, 0.6) is 0 Å². The number of tetrazole rings is 1. The summed E-state index contributed by atoms with van der Waals surface area (Å²) in [7, 11) is 1.26. The molecule has 0 aliphatic rings. The van der Waals surface area contributed by atoms with Crippen molar-refractivity contribution in [2.45, 2.75) is 25.9 Å². The van der Waals surface area contributed by atoms with Crippen molar-refractivity contribution in [3.8, 4) is 5.69 Å². The summed E-state index contributed by atoms with van der Waals surface area (Å²) < 4.78 is 7.82. The first-order chi connectivity index (χ1) is 18.9. The predicted octanol–water partition coefficient (Wildman–Crippen LogP) is 2.09. The maximum Gasteiger partial charge on any atom is 0.339 e. The SMILES string of the molecule is CCn1ccc(C[C@H](NC(=O)C=Cc2cc(Cl)ccc2-n2cnnn2)C(=O)Nc2ccc(C(=O)OC)cn2)n1. The van der Waals surface area contributed by atoms with Crippen molar-refractivity contribution in [3.05, 3.63) is 83.0 Å². The second kappa shape index (κ2) is 12.6. The highest BCUT2D eigenvalue weighted by Crippen LogP contribution is 2.20. The van der Waals surface area contributed by atoms with E-state index in [1.54, 1.807) is 41.2 Å². The van der Waals surface area contributed by atoms with Gasteiger partial charge in [0.2, 0.25) is 11.8 Å². The lowest BCUT2D eigenvalue weighted by Gasteiger charge is -2.17. The van der Waals surface area contributed by atoms with Gasteiger partial charge in [-0.1, -0.05) is 11.6 Å². The number of carbonyl (C=O) groups is 3. The molecular weight excluding hydrogens is 526 g/mol. The van der Waals surface area contributed by atoms with Gasteiger partial charge in [-0.05, 0) is 59.8 Å². The summed E-state index contributed by atoms with van der Waals surface area (Å²) in [6.45, 7) is 2.60. The van der Waals surface area contributed by atoms with Gasteiger partial charge in [0.05, 0.1) is 24.1 Å². The third kappa shape index (κ3) is 7.11. The van der Waals surface area contributed by atoms with E-state index in [1.807, 2.05) is 6.92 Å². The van der Waals surface area contributed by atoms with E-state index < -0.39 is 23.8 Å². The van der Waals surface area contributed by atoms with Crippen LogP contribution in [0, 0.1) is 0 Å². The largest absolute Gasteiger partial charge is 0.465 e. The highest BCUT2D eigenvalue weighted by atomic mass is 35.5. The zero-order chi connectivity index (χ0) is 27.8. The molecule has 2 amide bonds. The molecule has 13 nitrogen and oxygen atoms in total. The highest BCUT2D eigenvalue weighted by molar-refractivity contribution is 6.30. The smallest absolute Gasteiger partial charge is 0.339 e. The Labute approximate surface area is 227 Å². The number of nitrogens with one attached hydrogen (secondary N) is 2. The Morgan fingerprint density at radius 2 is 2.03 bits per heavy atom. The number of aromatic nitrogens is 7. The van der Waals surface area contributed by atoms with E-state index in [0.717, 1.165) is 0 Å². The van der Waals surface area contributed by atoms with E-state index >= 15 is 0 Å². The molecule has 0 bridgehead atoms. The maximum atomic E-state index is 13.2. The molecule has 0 aliphatic heterocycles. The number of benzene rings is 1. The van der Waals surface area contributed by atoms with Crippen LogP contribution in [0.4, 0.5) is 5.82 Å². The average molecular weight is 550 g/mol. The van der Waals surface area contributed by atoms with Crippen LogP contribution in [-0.4, -0.2) is 65.9 Å². The monoisotopic (exact) mass is 549 g/mol. The fourth-order valence-electron chi connectivity index (χ4n) is 3.55. The van der Waals surface area contributed by atoms with Gasteiger partial charge < -0.3 is 15.4 Å². The number of pyridine rings is 1. The van der Waals surface area contributed by atoms with Crippen molar-refractivity contribution >= 4 is 41.3 Å². The van der Waals surface area contributed by atoms with Crippen LogP contribution in [0.2, 0.25) is 5.02 Å². The molecule has 3 aromatic heterocycles. The van der Waals surface area contributed by atoms with E-state index in [-0.39, 0.29) is 17.8 Å². The molecule has 4 aromatic rings. The van der Waals surface area contributed by atoms with Crippen LogP contribution in [0.25, 0.3) is 11.8 Å². The fraction of sp³-hybridized carbons (Fsp3) is 0.200. The Hall–Kier alpha value is -4.91. The van der Waals surface area contributed by atoms with E-state index in [1.165, 1.54) is 42.5 Å². The quantitative estimate of drug-likeness (QED) is 0.223. The van der Waals surface area contributed by atoms with Crippen LogP contribution in [0.1, 0.15) is 28.5 Å². The Bertz CT molecular complexity index is 1480. The molecule has 0 saturated heterocycles. The van der Waals surface area contributed by atoms with Gasteiger partial charge in [0.25, 0.3) is 0 Å². The second-order valence-electron chi connectivity index (χ2n) is 8.13. The van der Waals surface area contributed by atoms with Crippen molar-refractivity contribution in [3.63, 3.8) is 0 Å². The first kappa shape index (κ1) is 27.1. The highest BCUT2D eigenvalue weighted by Gasteiger charge is 2.22. The lowest BCUT2D eigenvalue weighted by molar-refractivity contribution is -0.123. The van der Waals surface area contributed by atoms with Crippen molar-refractivity contribution in [1.29, 1.82) is 0 Å². The van der Waals surface area contributed by atoms with Gasteiger partial charge in [-0.15, -0.1) is 5.10 Å². The lowest BCUT2D eigenvalue weighted by Crippen LogP contribution is -2.45. The van der Waals surface area contributed by atoms with Crippen LogP contribution in [0.3, 0.4) is 0 Å². The fourth-order valence-corrected chi connectivity index (χ4v) is 3.73. The number of methoxy groups -OCH3 is 1. The first-order valence-electron chi connectivity index (χ1n) is 11.7. The molecule has 3 heterocycles. The molecule has 0 radical (unpaired) electrons. The van der Waals surface area contributed by atoms with Gasteiger partial charge in [-0.25, -0.2) is 9.78 Å². The minimum absolute atomic E-state index is 0.131. The normalized spacial score (nSPS) is 11.8. The van der Waals surface area contributed by atoms with Gasteiger partial charge in [-0.3, -0.25) is 14.3 Å². The zero-order valence-corrected chi connectivity index (χ0v) is 21.7. The molecule has 0 saturated carbocycles. The van der Waals surface area contributed by atoms with Crippen LogP contribution in [0.15, 0.2) is 61.2 Å². The second-order valence-corrected chi connectivity index (χ2v) is 8.57. The van der Waals surface area contributed by atoms with Crippen molar-refractivity contribution in [1.82, 2.24) is 40.3 Å². The molecule has 14 heteroatoms. The van der Waals surface area contributed by atoms with Crippen LogP contribution in [-0.2, 0) is 27.3 Å². The third-order valence-electron chi connectivity index (χ3n) is 5.50. The number of nitrogens with zero attached hydrogens (tertiary/aromatic N) is 7. The van der Waals surface area contributed by atoms with E-state index in [4.69, 9.17) is 11.6 Å². The van der Waals surface area contributed by atoms with Gasteiger partial charge >= 0.3 is 5.97 Å². The number of halogens is 1. The number of ether oxygens (including phenoxy) is 1. The Kier molecular flexibility index (Phi) is 8.74. The number of rotatable bonds is 10. The summed E-state index contributed by atoms with van der Waals surface area (Å²) in [5.41, 5.74) is 2.04. The molecule has 0 fully saturated rings. The molecule has 0 aliphatic carbocycles. The Balaban J connectivity index is 1.52. The molecule has 1 aromatic carbocycles. The summed E-state index contributed by atoms with van der Waals surface area (Å²) in [6, 6.07) is 8.79. The predicted molar refractivity (Wildman–Crippen MR) is 141 cm³/mol. The molecule has 4 rings (SSSR count). The van der Waals surface area contributed by atoms with E-state index in [0.29, 0.717) is 28.5 Å². The zero-order valence-electron chi connectivity index (χ0n) is 21.0.